The summed E-state index contributed by atoms with van der Waals surface area (Å²) < 4.78 is 0. The molecule has 0 aromatic heterocycles. The number of carboxylic acids is 1. The van der Waals surface area contributed by atoms with Crippen LogP contribution in [0.4, 0.5) is 11.4 Å². The molecule has 1 aliphatic carbocycles. The molecule has 1 aromatic carbocycles. The molecule has 1 amide bonds. The van der Waals surface area contributed by atoms with Crippen molar-refractivity contribution in [2.75, 3.05) is 36.0 Å². The molecule has 4 rings (SSSR count). The van der Waals surface area contributed by atoms with Gasteiger partial charge in [0, 0.05) is 43.5 Å². The molecule has 1 aromatic rings. The van der Waals surface area contributed by atoms with Gasteiger partial charge in [-0.2, -0.15) is 0 Å². The highest BCUT2D eigenvalue weighted by atomic mass is 16.4. The van der Waals surface area contributed by atoms with Crippen LogP contribution < -0.4 is 15.1 Å². The molecule has 2 N–H and O–H groups in total. The first-order valence-corrected chi connectivity index (χ1v) is 8.28. The maximum Gasteiger partial charge on any atom is 0.324 e. The number of ketones is 1. The highest BCUT2D eigenvalue weighted by Crippen LogP contribution is 2.40. The van der Waals surface area contributed by atoms with Crippen molar-refractivity contribution in [2.45, 2.75) is 18.9 Å². The van der Waals surface area contributed by atoms with Crippen LogP contribution in [-0.4, -0.2) is 55.0 Å². The predicted octanol–water partition coefficient (Wildman–Crippen LogP) is 0.489. The van der Waals surface area contributed by atoms with Crippen LogP contribution in [0.15, 0.2) is 18.2 Å². The van der Waals surface area contributed by atoms with Gasteiger partial charge in [0.25, 0.3) is 0 Å². The van der Waals surface area contributed by atoms with Crippen molar-refractivity contribution in [3.05, 3.63) is 23.8 Å². The Bertz CT molecular complexity index is 723. The lowest BCUT2D eigenvalue weighted by atomic mass is 9.89. The highest BCUT2D eigenvalue weighted by Gasteiger charge is 2.48. The molecule has 7 heteroatoms. The smallest absolute Gasteiger partial charge is 0.324 e. The van der Waals surface area contributed by atoms with Gasteiger partial charge in [0.2, 0.25) is 5.91 Å². The first-order chi connectivity index (χ1) is 11.6. The summed E-state index contributed by atoms with van der Waals surface area (Å²) in [5, 5.41) is 12.6. The van der Waals surface area contributed by atoms with Crippen LogP contribution in [0.25, 0.3) is 0 Å². The fourth-order valence-electron chi connectivity index (χ4n) is 3.50. The van der Waals surface area contributed by atoms with Crippen molar-refractivity contribution in [3.8, 4) is 0 Å². The molecule has 1 saturated heterocycles. The lowest BCUT2D eigenvalue weighted by Gasteiger charge is -2.34. The lowest BCUT2D eigenvalue weighted by Crippen LogP contribution is -2.49. The summed E-state index contributed by atoms with van der Waals surface area (Å²) >= 11 is 0. The number of fused-ring (bicyclic) bond motifs is 1. The van der Waals surface area contributed by atoms with E-state index in [0.29, 0.717) is 11.3 Å². The molecule has 2 aliphatic heterocycles. The summed E-state index contributed by atoms with van der Waals surface area (Å²) in [5.41, 5.74) is 1.81. The molecule has 2 heterocycles. The summed E-state index contributed by atoms with van der Waals surface area (Å²) in [6.45, 7) is 3.41. The van der Waals surface area contributed by atoms with Gasteiger partial charge < -0.3 is 20.2 Å². The number of rotatable bonds is 3. The molecular weight excluding hydrogens is 310 g/mol. The normalized spacial score (nSPS) is 24.1. The van der Waals surface area contributed by atoms with Gasteiger partial charge in [-0.1, -0.05) is 0 Å². The summed E-state index contributed by atoms with van der Waals surface area (Å²) in [5.74, 6) is -4.18. The third kappa shape index (κ3) is 2.36. The van der Waals surface area contributed by atoms with Crippen LogP contribution in [0.1, 0.15) is 23.2 Å². The van der Waals surface area contributed by atoms with Gasteiger partial charge in [-0.25, -0.2) is 0 Å². The number of nitrogens with one attached hydrogen (secondary N) is 1. The summed E-state index contributed by atoms with van der Waals surface area (Å²) in [7, 11) is 0. The third-order valence-electron chi connectivity index (χ3n) is 4.89. The molecule has 0 bridgehead atoms. The Balaban J connectivity index is 1.77. The number of nitrogens with zero attached hydrogens (tertiary/aromatic N) is 2. The van der Waals surface area contributed by atoms with Gasteiger partial charge in [-0.15, -0.1) is 0 Å². The minimum absolute atomic E-state index is 0.0243. The van der Waals surface area contributed by atoms with Crippen LogP contribution in [0.2, 0.25) is 0 Å². The zero-order valence-electron chi connectivity index (χ0n) is 13.2. The standard InChI is InChI=1S/C17H19N3O4/c21-15-12-9-11(19-7-5-18-6-8-19)3-4-13(12)20(10-1-2-10)16(22)14(15)17(23)24/h3-4,9-10,14,18H,1-2,5-8H2,(H,23,24). The number of hydrogen-bond donors (Lipinski definition) is 2. The van der Waals surface area contributed by atoms with Crippen LogP contribution in [0.5, 0.6) is 0 Å². The molecule has 0 spiro atoms. The number of Topliss-reactive ketones (excluding diaryl/α,β-unsaturated/α-hetero) is 1. The number of carbonyl (C=O) groups excluding carboxylic acids is 2. The zero-order valence-corrected chi connectivity index (χ0v) is 13.2. The Labute approximate surface area is 139 Å². The Morgan fingerprint density at radius 2 is 1.88 bits per heavy atom. The number of aliphatic carboxylic acids is 1. The summed E-state index contributed by atoms with van der Waals surface area (Å²) in [4.78, 5) is 40.3. The number of carboxylic acid groups (broad SMARTS) is 1. The van der Waals surface area contributed by atoms with E-state index in [1.807, 2.05) is 6.07 Å². The van der Waals surface area contributed by atoms with E-state index >= 15 is 0 Å². The van der Waals surface area contributed by atoms with Crippen molar-refractivity contribution in [2.24, 2.45) is 5.92 Å². The van der Waals surface area contributed by atoms with E-state index < -0.39 is 23.6 Å². The van der Waals surface area contributed by atoms with Crippen molar-refractivity contribution < 1.29 is 19.5 Å². The molecule has 24 heavy (non-hydrogen) atoms. The largest absolute Gasteiger partial charge is 0.480 e. The van der Waals surface area contributed by atoms with Gasteiger partial charge in [-0.3, -0.25) is 14.4 Å². The Morgan fingerprint density at radius 3 is 2.50 bits per heavy atom. The molecule has 3 aliphatic rings. The van der Waals surface area contributed by atoms with Crippen LogP contribution in [0, 0.1) is 5.92 Å². The SMILES string of the molecule is O=C(O)C1C(=O)c2cc(N3CCNCC3)ccc2N(C2CC2)C1=O. The fourth-order valence-corrected chi connectivity index (χ4v) is 3.50. The van der Waals surface area contributed by atoms with Crippen LogP contribution >= 0.6 is 0 Å². The lowest BCUT2D eigenvalue weighted by molar-refractivity contribution is -0.144. The topological polar surface area (TPSA) is 89.9 Å². The molecule has 1 atom stereocenters. The monoisotopic (exact) mass is 329 g/mol. The zero-order chi connectivity index (χ0) is 16.8. The number of carbonyl (C=O) groups is 3. The van der Waals surface area contributed by atoms with E-state index in [9.17, 15) is 19.5 Å². The first-order valence-electron chi connectivity index (χ1n) is 8.28. The van der Waals surface area contributed by atoms with Crippen LogP contribution in [-0.2, 0) is 9.59 Å². The first kappa shape index (κ1) is 15.1. The molecule has 1 saturated carbocycles. The maximum absolute atomic E-state index is 12.6. The molecule has 1 unspecified atom stereocenters. The van der Waals surface area contributed by atoms with Crippen molar-refractivity contribution in [1.82, 2.24) is 5.32 Å². The fraction of sp³-hybridized carbons (Fsp3) is 0.471. The molecule has 7 nitrogen and oxygen atoms in total. The van der Waals surface area contributed by atoms with Gasteiger partial charge in [-0.05, 0) is 31.0 Å². The highest BCUT2D eigenvalue weighted by molar-refractivity contribution is 6.30. The number of anilines is 2. The minimum Gasteiger partial charge on any atom is -0.480 e. The van der Waals surface area contributed by atoms with Crippen molar-refractivity contribution >= 4 is 29.0 Å². The number of hydrogen-bond acceptors (Lipinski definition) is 5. The predicted molar refractivity (Wildman–Crippen MR) is 87.5 cm³/mol. The Hall–Kier alpha value is -2.41. The second-order valence-electron chi connectivity index (χ2n) is 6.51. The van der Waals surface area contributed by atoms with Gasteiger partial charge in [0.15, 0.2) is 11.7 Å². The number of amides is 1. The molecule has 0 radical (unpaired) electrons. The Kier molecular flexibility index (Phi) is 3.53. The molecule has 126 valence electrons. The minimum atomic E-state index is -1.61. The molecular formula is C17H19N3O4. The van der Waals surface area contributed by atoms with Crippen LogP contribution in [0.3, 0.4) is 0 Å². The third-order valence-corrected chi connectivity index (χ3v) is 4.89. The van der Waals surface area contributed by atoms with E-state index in [0.717, 1.165) is 44.7 Å². The maximum atomic E-state index is 12.6. The van der Waals surface area contributed by atoms with Gasteiger partial charge >= 0.3 is 5.97 Å². The van der Waals surface area contributed by atoms with E-state index in [1.54, 1.807) is 12.1 Å². The van der Waals surface area contributed by atoms with Crippen molar-refractivity contribution in [1.29, 1.82) is 0 Å². The average Bonchev–Trinajstić information content (AvgIpc) is 3.40. The van der Waals surface area contributed by atoms with E-state index in [2.05, 4.69) is 10.2 Å². The summed E-state index contributed by atoms with van der Waals surface area (Å²) in [6, 6.07) is 5.48. The second kappa shape index (κ2) is 5.59. The van der Waals surface area contributed by atoms with Gasteiger partial charge in [0.05, 0.1) is 5.69 Å². The quantitative estimate of drug-likeness (QED) is 0.785. The van der Waals surface area contributed by atoms with Gasteiger partial charge in [0.1, 0.15) is 0 Å². The number of piperazine rings is 1. The second-order valence-corrected chi connectivity index (χ2v) is 6.51. The average molecular weight is 329 g/mol. The van der Waals surface area contributed by atoms with Crippen molar-refractivity contribution in [3.63, 3.8) is 0 Å². The Morgan fingerprint density at radius 1 is 1.17 bits per heavy atom. The molecule has 2 fully saturated rings. The number of benzene rings is 1. The summed E-state index contributed by atoms with van der Waals surface area (Å²) in [6.07, 6.45) is 1.70. The van der Waals surface area contributed by atoms with E-state index in [1.165, 1.54) is 4.90 Å². The van der Waals surface area contributed by atoms with E-state index in [4.69, 9.17) is 0 Å². The van der Waals surface area contributed by atoms with E-state index in [-0.39, 0.29) is 6.04 Å².